The van der Waals surface area contributed by atoms with Crippen molar-refractivity contribution in [3.63, 3.8) is 0 Å². The van der Waals surface area contributed by atoms with Crippen molar-refractivity contribution in [1.29, 1.82) is 0 Å². The highest BCUT2D eigenvalue weighted by Crippen LogP contribution is 2.18. The number of carbonyl (C=O) groups excluding carboxylic acids is 1. The number of nitrogens with one attached hydrogen (secondary N) is 2. The van der Waals surface area contributed by atoms with Gasteiger partial charge in [0.25, 0.3) is 5.91 Å². The van der Waals surface area contributed by atoms with Crippen LogP contribution in [-0.2, 0) is 0 Å². The average Bonchev–Trinajstić information content (AvgIpc) is 3.00. The molecule has 0 unspecified atom stereocenters. The molecule has 0 aliphatic heterocycles. The molecule has 0 bridgehead atoms. The number of hydrogen-bond donors (Lipinski definition) is 2. The summed E-state index contributed by atoms with van der Waals surface area (Å²) in [6.45, 7) is 0. The van der Waals surface area contributed by atoms with Gasteiger partial charge in [-0.3, -0.25) is 4.79 Å². The number of fused-ring (bicyclic) bond motifs is 1. The second-order valence-corrected chi connectivity index (χ2v) is 4.35. The summed E-state index contributed by atoms with van der Waals surface area (Å²) in [5, 5.41) is 5.90. The molecule has 2 aromatic carbocycles. The zero-order chi connectivity index (χ0) is 13.8. The Morgan fingerprint density at radius 2 is 1.90 bits per heavy atom. The first kappa shape index (κ1) is 12.2. The standard InChI is InChI=1S/C16H13N3O/c20-16(19-18-11-13-7-4-10-17-13)15-9-3-6-12-5-1-2-8-14(12)15/h1-11,17H,(H,19,20). The van der Waals surface area contributed by atoms with E-state index in [1.54, 1.807) is 18.5 Å². The molecule has 0 saturated carbocycles. The zero-order valence-corrected chi connectivity index (χ0v) is 10.7. The van der Waals surface area contributed by atoms with Gasteiger partial charge in [0, 0.05) is 11.8 Å². The molecular formula is C16H13N3O. The van der Waals surface area contributed by atoms with E-state index in [9.17, 15) is 4.79 Å². The molecule has 20 heavy (non-hydrogen) atoms. The molecule has 98 valence electrons. The molecule has 0 aliphatic rings. The summed E-state index contributed by atoms with van der Waals surface area (Å²) in [5.74, 6) is -0.218. The molecular weight excluding hydrogens is 250 g/mol. The van der Waals surface area contributed by atoms with Gasteiger partial charge in [-0.25, -0.2) is 5.43 Å². The van der Waals surface area contributed by atoms with E-state index in [-0.39, 0.29) is 5.91 Å². The van der Waals surface area contributed by atoms with Gasteiger partial charge in [0.1, 0.15) is 0 Å². The van der Waals surface area contributed by atoms with Crippen molar-refractivity contribution in [2.24, 2.45) is 5.10 Å². The molecule has 1 heterocycles. The number of rotatable bonds is 3. The molecule has 1 aromatic heterocycles. The van der Waals surface area contributed by atoms with Crippen LogP contribution in [-0.4, -0.2) is 17.1 Å². The van der Waals surface area contributed by atoms with Gasteiger partial charge >= 0.3 is 0 Å². The second-order valence-electron chi connectivity index (χ2n) is 4.35. The molecule has 4 heteroatoms. The van der Waals surface area contributed by atoms with E-state index >= 15 is 0 Å². The fourth-order valence-electron chi connectivity index (χ4n) is 2.07. The number of carbonyl (C=O) groups is 1. The fraction of sp³-hybridized carbons (Fsp3) is 0. The van der Waals surface area contributed by atoms with E-state index in [4.69, 9.17) is 0 Å². The maximum Gasteiger partial charge on any atom is 0.271 e. The highest BCUT2D eigenvalue weighted by Gasteiger charge is 2.08. The molecule has 2 N–H and O–H groups in total. The van der Waals surface area contributed by atoms with Gasteiger partial charge in [0.15, 0.2) is 0 Å². The Labute approximate surface area is 116 Å². The fourth-order valence-corrected chi connectivity index (χ4v) is 2.07. The van der Waals surface area contributed by atoms with Gasteiger partial charge in [0.05, 0.1) is 11.9 Å². The second kappa shape index (κ2) is 5.40. The first-order chi connectivity index (χ1) is 9.84. The summed E-state index contributed by atoms with van der Waals surface area (Å²) >= 11 is 0. The molecule has 3 rings (SSSR count). The lowest BCUT2D eigenvalue weighted by Crippen LogP contribution is -2.17. The number of aromatic amines is 1. The van der Waals surface area contributed by atoms with Crippen LogP contribution >= 0.6 is 0 Å². The minimum Gasteiger partial charge on any atom is -0.360 e. The Morgan fingerprint density at radius 3 is 2.75 bits per heavy atom. The first-order valence-corrected chi connectivity index (χ1v) is 6.29. The maximum atomic E-state index is 12.2. The van der Waals surface area contributed by atoms with Crippen LogP contribution in [0.4, 0.5) is 0 Å². The van der Waals surface area contributed by atoms with Gasteiger partial charge in [-0.15, -0.1) is 0 Å². The number of H-pyrrole nitrogens is 1. The zero-order valence-electron chi connectivity index (χ0n) is 10.7. The third kappa shape index (κ3) is 2.44. The van der Waals surface area contributed by atoms with E-state index in [0.29, 0.717) is 5.56 Å². The van der Waals surface area contributed by atoms with Crippen molar-refractivity contribution in [2.45, 2.75) is 0 Å². The van der Waals surface area contributed by atoms with Crippen LogP contribution in [0.3, 0.4) is 0 Å². The van der Waals surface area contributed by atoms with Crippen molar-refractivity contribution in [3.8, 4) is 0 Å². The lowest BCUT2D eigenvalue weighted by Gasteiger charge is -2.04. The van der Waals surface area contributed by atoms with E-state index < -0.39 is 0 Å². The third-order valence-corrected chi connectivity index (χ3v) is 3.03. The van der Waals surface area contributed by atoms with Crippen molar-refractivity contribution < 1.29 is 4.79 Å². The summed E-state index contributed by atoms with van der Waals surface area (Å²) in [6.07, 6.45) is 3.37. The number of hydrogen-bond acceptors (Lipinski definition) is 2. The Balaban J connectivity index is 1.82. The smallest absolute Gasteiger partial charge is 0.271 e. The molecule has 0 radical (unpaired) electrons. The minimum atomic E-state index is -0.218. The normalized spacial score (nSPS) is 11.0. The number of amides is 1. The maximum absolute atomic E-state index is 12.2. The summed E-state index contributed by atoms with van der Waals surface area (Å²) in [4.78, 5) is 15.1. The van der Waals surface area contributed by atoms with Crippen LogP contribution < -0.4 is 5.43 Å². The third-order valence-electron chi connectivity index (χ3n) is 3.03. The SMILES string of the molecule is O=C(NN=Cc1ccc[nH]1)c1cccc2ccccc12. The highest BCUT2D eigenvalue weighted by atomic mass is 16.2. The van der Waals surface area contributed by atoms with E-state index in [1.807, 2.05) is 48.5 Å². The van der Waals surface area contributed by atoms with Crippen molar-refractivity contribution in [3.05, 3.63) is 72.1 Å². The van der Waals surface area contributed by atoms with Crippen molar-refractivity contribution >= 4 is 22.9 Å². The molecule has 0 saturated heterocycles. The van der Waals surface area contributed by atoms with Gasteiger partial charge in [-0.05, 0) is 29.0 Å². The quantitative estimate of drug-likeness (QED) is 0.554. The van der Waals surface area contributed by atoms with Crippen LogP contribution in [0.2, 0.25) is 0 Å². The molecule has 0 fully saturated rings. The van der Waals surface area contributed by atoms with Crippen LogP contribution in [0.1, 0.15) is 16.1 Å². The number of benzene rings is 2. The van der Waals surface area contributed by atoms with Crippen molar-refractivity contribution in [2.75, 3.05) is 0 Å². The summed E-state index contributed by atoms with van der Waals surface area (Å²) < 4.78 is 0. The van der Waals surface area contributed by atoms with Crippen LogP contribution in [0, 0.1) is 0 Å². The minimum absolute atomic E-state index is 0.218. The lowest BCUT2D eigenvalue weighted by atomic mass is 10.0. The Kier molecular flexibility index (Phi) is 3.29. The number of hydrazone groups is 1. The van der Waals surface area contributed by atoms with Gasteiger partial charge in [-0.1, -0.05) is 36.4 Å². The average molecular weight is 263 g/mol. The predicted molar refractivity (Wildman–Crippen MR) is 79.8 cm³/mol. The van der Waals surface area contributed by atoms with Gasteiger partial charge in [-0.2, -0.15) is 5.10 Å². The van der Waals surface area contributed by atoms with Crippen LogP contribution in [0.15, 0.2) is 65.9 Å². The van der Waals surface area contributed by atoms with E-state index in [2.05, 4.69) is 15.5 Å². The summed E-state index contributed by atoms with van der Waals surface area (Å²) in [5.41, 5.74) is 3.99. The summed E-state index contributed by atoms with van der Waals surface area (Å²) in [6, 6.07) is 17.2. The Bertz CT molecular complexity index is 755. The van der Waals surface area contributed by atoms with Crippen LogP contribution in [0.25, 0.3) is 10.8 Å². The van der Waals surface area contributed by atoms with E-state index in [0.717, 1.165) is 16.5 Å². The molecule has 0 spiro atoms. The topological polar surface area (TPSA) is 57.2 Å². The molecule has 3 aromatic rings. The molecule has 0 atom stereocenters. The largest absolute Gasteiger partial charge is 0.360 e. The lowest BCUT2D eigenvalue weighted by molar-refractivity contribution is 0.0957. The monoisotopic (exact) mass is 263 g/mol. The van der Waals surface area contributed by atoms with Crippen LogP contribution in [0.5, 0.6) is 0 Å². The van der Waals surface area contributed by atoms with Crippen molar-refractivity contribution in [1.82, 2.24) is 10.4 Å². The molecule has 1 amide bonds. The first-order valence-electron chi connectivity index (χ1n) is 6.29. The van der Waals surface area contributed by atoms with Gasteiger partial charge in [0.2, 0.25) is 0 Å². The molecule has 4 nitrogen and oxygen atoms in total. The highest BCUT2D eigenvalue weighted by molar-refractivity contribution is 6.07. The number of aromatic nitrogens is 1. The Morgan fingerprint density at radius 1 is 1.05 bits per heavy atom. The predicted octanol–water partition coefficient (Wildman–Crippen LogP) is 2.93. The number of nitrogens with zero attached hydrogens (tertiary/aromatic N) is 1. The van der Waals surface area contributed by atoms with E-state index in [1.165, 1.54) is 0 Å². The van der Waals surface area contributed by atoms with Gasteiger partial charge < -0.3 is 4.98 Å². The summed E-state index contributed by atoms with van der Waals surface area (Å²) in [7, 11) is 0. The Hall–Kier alpha value is -2.88. The molecule has 0 aliphatic carbocycles.